The molecule has 5 heteroatoms. The lowest BCUT2D eigenvalue weighted by Gasteiger charge is -2.08. The molecule has 0 spiro atoms. The van der Waals surface area contributed by atoms with Gasteiger partial charge in [0.05, 0.1) is 17.4 Å². The highest BCUT2D eigenvalue weighted by Gasteiger charge is 2.18. The number of nitro benzene ring substituents is 1. The van der Waals surface area contributed by atoms with Crippen LogP contribution in [0.15, 0.2) is 12.1 Å². The number of nitro groups is 1. The predicted molar refractivity (Wildman–Crippen MR) is 58.3 cm³/mol. The second kappa shape index (κ2) is 5.12. The summed E-state index contributed by atoms with van der Waals surface area (Å²) in [6.45, 7) is 3.71. The molecule has 0 heterocycles. The molecule has 0 aliphatic carbocycles. The van der Waals surface area contributed by atoms with Crippen LogP contribution in [0.5, 0.6) is 5.75 Å². The molecule has 1 rings (SSSR count). The number of rotatable bonds is 4. The normalized spacial score (nSPS) is 9.56. The molecule has 0 aromatic heterocycles. The minimum Gasteiger partial charge on any atom is -0.486 e. The first-order chi connectivity index (χ1) is 7.56. The highest BCUT2D eigenvalue weighted by molar-refractivity contribution is 5.53. The van der Waals surface area contributed by atoms with E-state index in [1.807, 2.05) is 12.1 Å². The van der Waals surface area contributed by atoms with Gasteiger partial charge in [-0.25, -0.2) is 0 Å². The van der Waals surface area contributed by atoms with Gasteiger partial charge in [-0.2, -0.15) is 5.26 Å². The van der Waals surface area contributed by atoms with Gasteiger partial charge in [-0.3, -0.25) is 10.1 Å². The molecule has 0 aliphatic heterocycles. The average molecular weight is 220 g/mol. The van der Waals surface area contributed by atoms with Crippen molar-refractivity contribution < 1.29 is 9.66 Å². The molecule has 0 amide bonds. The van der Waals surface area contributed by atoms with Gasteiger partial charge in [-0.15, -0.1) is 0 Å². The van der Waals surface area contributed by atoms with Crippen molar-refractivity contribution in [3.63, 3.8) is 0 Å². The van der Waals surface area contributed by atoms with E-state index in [2.05, 4.69) is 0 Å². The summed E-state index contributed by atoms with van der Waals surface area (Å²) in [6.07, 6.45) is 0.213. The summed E-state index contributed by atoms with van der Waals surface area (Å²) in [5.41, 5.74) is 1.48. The van der Waals surface area contributed by atoms with E-state index >= 15 is 0 Å². The molecule has 84 valence electrons. The zero-order chi connectivity index (χ0) is 12.1. The van der Waals surface area contributed by atoms with Crippen LogP contribution in [0, 0.1) is 35.3 Å². The molecule has 0 unspecified atom stereocenters. The Morgan fingerprint density at radius 2 is 2.19 bits per heavy atom. The van der Waals surface area contributed by atoms with Gasteiger partial charge in [-0.05, 0) is 25.0 Å². The highest BCUT2D eigenvalue weighted by Crippen LogP contribution is 2.31. The highest BCUT2D eigenvalue weighted by atomic mass is 16.6. The SMILES string of the molecule is Cc1cc(C)c(OCCC#N)c([N+](=O)[O-])c1. The Hall–Kier alpha value is -2.09. The zero-order valence-electron chi connectivity index (χ0n) is 9.19. The summed E-state index contributed by atoms with van der Waals surface area (Å²) < 4.78 is 5.26. The molecule has 0 aliphatic rings. The van der Waals surface area contributed by atoms with Gasteiger partial charge in [0.2, 0.25) is 0 Å². The Bertz CT molecular complexity index is 449. The largest absolute Gasteiger partial charge is 0.486 e. The fraction of sp³-hybridized carbons (Fsp3) is 0.364. The lowest BCUT2D eigenvalue weighted by atomic mass is 10.1. The Morgan fingerprint density at radius 3 is 2.75 bits per heavy atom. The second-order valence-electron chi connectivity index (χ2n) is 3.44. The Balaban J connectivity index is 3.05. The molecule has 0 bridgehead atoms. The summed E-state index contributed by atoms with van der Waals surface area (Å²) in [5, 5.41) is 19.2. The van der Waals surface area contributed by atoms with Crippen molar-refractivity contribution in [1.29, 1.82) is 5.26 Å². The van der Waals surface area contributed by atoms with E-state index in [9.17, 15) is 10.1 Å². The topological polar surface area (TPSA) is 76.2 Å². The van der Waals surface area contributed by atoms with Crippen LogP contribution in [-0.2, 0) is 0 Å². The Kier molecular flexibility index (Phi) is 3.84. The molecule has 0 saturated heterocycles. The molecular weight excluding hydrogens is 208 g/mol. The average Bonchev–Trinajstić information content (AvgIpc) is 2.20. The first kappa shape index (κ1) is 12.0. The minimum atomic E-state index is -0.471. The third kappa shape index (κ3) is 2.70. The van der Waals surface area contributed by atoms with Gasteiger partial charge in [0.25, 0.3) is 0 Å². The van der Waals surface area contributed by atoms with Gasteiger partial charge in [0, 0.05) is 6.07 Å². The fourth-order valence-corrected chi connectivity index (χ4v) is 1.45. The Labute approximate surface area is 93.4 Å². The first-order valence-corrected chi connectivity index (χ1v) is 4.81. The number of hydrogen-bond donors (Lipinski definition) is 0. The van der Waals surface area contributed by atoms with Crippen LogP contribution >= 0.6 is 0 Å². The smallest absolute Gasteiger partial charge is 0.311 e. The summed E-state index contributed by atoms with van der Waals surface area (Å²) >= 11 is 0. The maximum atomic E-state index is 10.8. The van der Waals surface area contributed by atoms with Crippen molar-refractivity contribution in [3.8, 4) is 11.8 Å². The molecule has 0 saturated carbocycles. The van der Waals surface area contributed by atoms with E-state index in [4.69, 9.17) is 10.00 Å². The van der Waals surface area contributed by atoms with Gasteiger partial charge in [-0.1, -0.05) is 6.07 Å². The van der Waals surface area contributed by atoms with Crippen LogP contribution in [0.3, 0.4) is 0 Å². The van der Waals surface area contributed by atoms with E-state index in [1.54, 1.807) is 13.8 Å². The van der Waals surface area contributed by atoms with Crippen molar-refractivity contribution in [3.05, 3.63) is 33.4 Å². The van der Waals surface area contributed by atoms with E-state index in [0.717, 1.165) is 5.56 Å². The van der Waals surface area contributed by atoms with Crippen molar-refractivity contribution in [2.75, 3.05) is 6.61 Å². The molecule has 5 nitrogen and oxygen atoms in total. The zero-order valence-corrected chi connectivity index (χ0v) is 9.19. The lowest BCUT2D eigenvalue weighted by molar-refractivity contribution is -0.386. The van der Waals surface area contributed by atoms with Gasteiger partial charge in [0.15, 0.2) is 5.75 Å². The van der Waals surface area contributed by atoms with Crippen LogP contribution in [0.25, 0.3) is 0 Å². The lowest BCUT2D eigenvalue weighted by Crippen LogP contribution is -2.02. The molecule has 0 N–H and O–H groups in total. The van der Waals surface area contributed by atoms with Crippen LogP contribution in [0.1, 0.15) is 17.5 Å². The third-order valence-electron chi connectivity index (χ3n) is 2.06. The van der Waals surface area contributed by atoms with E-state index in [-0.39, 0.29) is 24.5 Å². The van der Waals surface area contributed by atoms with Gasteiger partial charge >= 0.3 is 5.69 Å². The number of nitrogens with zero attached hydrogens (tertiary/aromatic N) is 2. The van der Waals surface area contributed by atoms with Crippen molar-refractivity contribution in [2.45, 2.75) is 20.3 Å². The maximum absolute atomic E-state index is 10.8. The quantitative estimate of drug-likeness (QED) is 0.443. The molecule has 0 atom stereocenters. The monoisotopic (exact) mass is 220 g/mol. The fourth-order valence-electron chi connectivity index (χ4n) is 1.45. The summed E-state index contributed by atoms with van der Waals surface area (Å²) in [6, 6.07) is 5.20. The summed E-state index contributed by atoms with van der Waals surface area (Å²) in [7, 11) is 0. The first-order valence-electron chi connectivity index (χ1n) is 4.81. The second-order valence-corrected chi connectivity index (χ2v) is 3.44. The molecule has 0 fully saturated rings. The van der Waals surface area contributed by atoms with Crippen LogP contribution in [0.4, 0.5) is 5.69 Å². The third-order valence-corrected chi connectivity index (χ3v) is 2.06. The predicted octanol–water partition coefficient (Wildman–Crippen LogP) is 2.50. The molecular formula is C11H12N2O3. The Morgan fingerprint density at radius 1 is 1.50 bits per heavy atom. The molecule has 1 aromatic carbocycles. The molecule has 16 heavy (non-hydrogen) atoms. The van der Waals surface area contributed by atoms with Crippen LogP contribution < -0.4 is 4.74 Å². The number of ether oxygens (including phenoxy) is 1. The van der Waals surface area contributed by atoms with Crippen molar-refractivity contribution >= 4 is 5.69 Å². The number of aryl methyl sites for hydroxylation is 2. The number of benzene rings is 1. The van der Waals surface area contributed by atoms with Gasteiger partial charge < -0.3 is 4.74 Å². The van der Waals surface area contributed by atoms with Gasteiger partial charge in [0.1, 0.15) is 6.61 Å². The van der Waals surface area contributed by atoms with Crippen molar-refractivity contribution in [1.82, 2.24) is 0 Å². The number of nitriles is 1. The number of hydrogen-bond acceptors (Lipinski definition) is 4. The van der Waals surface area contributed by atoms with E-state index in [1.165, 1.54) is 6.07 Å². The molecule has 1 aromatic rings. The van der Waals surface area contributed by atoms with E-state index in [0.29, 0.717) is 5.56 Å². The standard InChI is InChI=1S/C11H12N2O3/c1-8-6-9(2)11(16-5-3-4-12)10(7-8)13(14)15/h6-7H,3,5H2,1-2H3. The van der Waals surface area contributed by atoms with Crippen LogP contribution in [0.2, 0.25) is 0 Å². The van der Waals surface area contributed by atoms with Crippen LogP contribution in [-0.4, -0.2) is 11.5 Å². The maximum Gasteiger partial charge on any atom is 0.311 e. The van der Waals surface area contributed by atoms with Crippen molar-refractivity contribution in [2.24, 2.45) is 0 Å². The summed E-state index contributed by atoms with van der Waals surface area (Å²) in [5.74, 6) is 0.255. The molecule has 0 radical (unpaired) electrons. The summed E-state index contributed by atoms with van der Waals surface area (Å²) in [4.78, 5) is 10.3. The minimum absolute atomic E-state index is 0.0459. The van der Waals surface area contributed by atoms with E-state index < -0.39 is 4.92 Å².